The third-order valence-corrected chi connectivity index (χ3v) is 3.46. The van der Waals surface area contributed by atoms with E-state index in [-0.39, 0.29) is 0 Å². The molecule has 0 saturated heterocycles. The molecule has 1 aromatic rings. The Hall–Kier alpha value is -2.23. The van der Waals surface area contributed by atoms with Crippen LogP contribution in [-0.2, 0) is 0 Å². The standard InChI is InChI=1S/C14H12N4/c1-2-6-11-10(5-1)9-15-18-13-8-4-3-7-12(13)16-17-14(11)18/h1-2,5-6,8-9H,3-4,7H2. The summed E-state index contributed by atoms with van der Waals surface area (Å²) >= 11 is 0. The van der Waals surface area contributed by atoms with Gasteiger partial charge in [-0.3, -0.25) is 0 Å². The summed E-state index contributed by atoms with van der Waals surface area (Å²) in [6.07, 6.45) is 7.35. The molecule has 1 aromatic carbocycles. The first kappa shape index (κ1) is 9.76. The van der Waals surface area contributed by atoms with Crippen LogP contribution in [0.3, 0.4) is 0 Å². The van der Waals surface area contributed by atoms with Crippen molar-refractivity contribution >= 4 is 17.8 Å². The van der Waals surface area contributed by atoms with Crippen LogP contribution in [0.15, 0.2) is 51.3 Å². The average molecular weight is 236 g/mol. The van der Waals surface area contributed by atoms with E-state index in [1.54, 1.807) is 0 Å². The van der Waals surface area contributed by atoms with Crippen LogP contribution >= 0.6 is 0 Å². The third kappa shape index (κ3) is 1.29. The molecule has 0 spiro atoms. The molecule has 0 fully saturated rings. The van der Waals surface area contributed by atoms with E-state index in [0.29, 0.717) is 0 Å². The van der Waals surface area contributed by atoms with E-state index in [1.165, 1.54) is 0 Å². The Morgan fingerprint density at radius 3 is 3.06 bits per heavy atom. The highest BCUT2D eigenvalue weighted by molar-refractivity contribution is 6.14. The van der Waals surface area contributed by atoms with E-state index >= 15 is 0 Å². The van der Waals surface area contributed by atoms with Crippen molar-refractivity contribution in [2.45, 2.75) is 19.3 Å². The van der Waals surface area contributed by atoms with E-state index in [4.69, 9.17) is 0 Å². The van der Waals surface area contributed by atoms with E-state index < -0.39 is 0 Å². The SMILES string of the molecule is C1=NN2C3=CCCCC3=NN=C2c2ccccc21. The van der Waals surface area contributed by atoms with Crippen LogP contribution in [0, 0.1) is 0 Å². The summed E-state index contributed by atoms with van der Waals surface area (Å²) < 4.78 is 0. The lowest BCUT2D eigenvalue weighted by molar-refractivity contribution is 0.551. The van der Waals surface area contributed by atoms with Crippen molar-refractivity contribution in [2.75, 3.05) is 0 Å². The largest absolute Gasteiger partial charge is 0.211 e. The summed E-state index contributed by atoms with van der Waals surface area (Å²) in [7, 11) is 0. The van der Waals surface area contributed by atoms with Gasteiger partial charge in [0.1, 0.15) is 0 Å². The van der Waals surface area contributed by atoms with Crippen molar-refractivity contribution in [1.29, 1.82) is 0 Å². The van der Waals surface area contributed by atoms with Crippen molar-refractivity contribution in [3.63, 3.8) is 0 Å². The van der Waals surface area contributed by atoms with Gasteiger partial charge in [0.05, 0.1) is 17.6 Å². The molecule has 0 radical (unpaired) electrons. The summed E-state index contributed by atoms with van der Waals surface area (Å²) in [6.45, 7) is 0. The van der Waals surface area contributed by atoms with Crippen molar-refractivity contribution in [2.24, 2.45) is 15.3 Å². The normalized spacial score (nSPS) is 20.2. The number of hydrogen-bond donors (Lipinski definition) is 0. The monoisotopic (exact) mass is 236 g/mol. The van der Waals surface area contributed by atoms with Crippen LogP contribution in [0.4, 0.5) is 0 Å². The molecule has 3 aliphatic rings. The van der Waals surface area contributed by atoms with E-state index in [2.05, 4.69) is 27.4 Å². The molecule has 4 heteroatoms. The molecule has 2 heterocycles. The number of nitrogens with zero attached hydrogens (tertiary/aromatic N) is 4. The maximum atomic E-state index is 4.51. The van der Waals surface area contributed by atoms with E-state index in [0.717, 1.165) is 47.6 Å². The van der Waals surface area contributed by atoms with Crippen LogP contribution < -0.4 is 0 Å². The van der Waals surface area contributed by atoms with Gasteiger partial charge in [0.2, 0.25) is 0 Å². The number of rotatable bonds is 0. The van der Waals surface area contributed by atoms with Crippen LogP contribution in [0.2, 0.25) is 0 Å². The number of hydrazone groups is 1. The van der Waals surface area contributed by atoms with Gasteiger partial charge in [0, 0.05) is 11.1 Å². The lowest BCUT2D eigenvalue weighted by Gasteiger charge is -2.31. The maximum Gasteiger partial charge on any atom is 0.184 e. The molecule has 18 heavy (non-hydrogen) atoms. The van der Waals surface area contributed by atoms with Gasteiger partial charge in [-0.05, 0) is 19.3 Å². The molecule has 0 N–H and O–H groups in total. The first-order valence-electron chi connectivity index (χ1n) is 6.22. The molecule has 0 amide bonds. The Bertz CT molecular complexity index is 637. The molecule has 0 atom stereocenters. The van der Waals surface area contributed by atoms with Crippen LogP contribution in [0.5, 0.6) is 0 Å². The second-order valence-electron chi connectivity index (χ2n) is 4.60. The van der Waals surface area contributed by atoms with Gasteiger partial charge in [-0.25, -0.2) is 5.01 Å². The number of fused-ring (bicyclic) bond motifs is 5. The molecule has 1 aliphatic carbocycles. The minimum atomic E-state index is 0.838. The van der Waals surface area contributed by atoms with Crippen molar-refractivity contribution in [3.8, 4) is 0 Å². The second-order valence-corrected chi connectivity index (χ2v) is 4.60. The Balaban J connectivity index is 1.91. The topological polar surface area (TPSA) is 40.3 Å². The molecule has 0 bridgehead atoms. The third-order valence-electron chi connectivity index (χ3n) is 3.46. The first-order chi connectivity index (χ1) is 8.93. The molecule has 4 rings (SSSR count). The predicted molar refractivity (Wildman–Crippen MR) is 71.8 cm³/mol. The summed E-state index contributed by atoms with van der Waals surface area (Å²) in [5.41, 5.74) is 4.36. The smallest absolute Gasteiger partial charge is 0.184 e. The Morgan fingerprint density at radius 1 is 1.11 bits per heavy atom. The predicted octanol–water partition coefficient (Wildman–Crippen LogP) is 2.52. The molecular weight excluding hydrogens is 224 g/mol. The summed E-state index contributed by atoms with van der Waals surface area (Å²) in [4.78, 5) is 0. The molecular formula is C14H12N4. The highest BCUT2D eigenvalue weighted by Gasteiger charge is 2.29. The van der Waals surface area contributed by atoms with Gasteiger partial charge < -0.3 is 0 Å². The fraction of sp³-hybridized carbons (Fsp3) is 0.214. The van der Waals surface area contributed by atoms with Gasteiger partial charge in [-0.2, -0.15) is 10.2 Å². The molecule has 0 aromatic heterocycles. The van der Waals surface area contributed by atoms with Crippen molar-refractivity contribution < 1.29 is 0 Å². The average Bonchev–Trinajstić information content (AvgIpc) is 2.46. The Morgan fingerprint density at radius 2 is 2.06 bits per heavy atom. The Kier molecular flexibility index (Phi) is 1.97. The van der Waals surface area contributed by atoms with Crippen molar-refractivity contribution in [3.05, 3.63) is 47.2 Å². The molecule has 88 valence electrons. The molecule has 2 aliphatic heterocycles. The molecule has 0 unspecified atom stereocenters. The first-order valence-corrected chi connectivity index (χ1v) is 6.22. The second kappa shape index (κ2) is 3.63. The van der Waals surface area contributed by atoms with Crippen molar-refractivity contribution in [1.82, 2.24) is 5.01 Å². The van der Waals surface area contributed by atoms with E-state index in [1.807, 2.05) is 29.4 Å². The molecule has 4 nitrogen and oxygen atoms in total. The lowest BCUT2D eigenvalue weighted by Crippen LogP contribution is -2.36. The number of allylic oxidation sites excluding steroid dienone is 2. The van der Waals surface area contributed by atoms with Gasteiger partial charge in [0.25, 0.3) is 0 Å². The highest BCUT2D eigenvalue weighted by Crippen LogP contribution is 2.28. The number of benzene rings is 1. The van der Waals surface area contributed by atoms with Gasteiger partial charge >= 0.3 is 0 Å². The number of hydrogen-bond acceptors (Lipinski definition) is 4. The zero-order valence-corrected chi connectivity index (χ0v) is 9.87. The van der Waals surface area contributed by atoms with Crippen LogP contribution in [0.25, 0.3) is 0 Å². The summed E-state index contributed by atoms with van der Waals surface area (Å²) in [5, 5.41) is 15.1. The quantitative estimate of drug-likeness (QED) is 0.682. The highest BCUT2D eigenvalue weighted by atomic mass is 15.5. The molecule has 0 saturated carbocycles. The zero-order valence-electron chi connectivity index (χ0n) is 9.87. The minimum absolute atomic E-state index is 0.838. The maximum absolute atomic E-state index is 4.51. The summed E-state index contributed by atoms with van der Waals surface area (Å²) in [5.74, 6) is 0.838. The van der Waals surface area contributed by atoms with Gasteiger partial charge in [0.15, 0.2) is 5.84 Å². The lowest BCUT2D eigenvalue weighted by atomic mass is 9.99. The minimum Gasteiger partial charge on any atom is -0.211 e. The van der Waals surface area contributed by atoms with Crippen LogP contribution in [-0.4, -0.2) is 22.8 Å². The fourth-order valence-corrected chi connectivity index (χ4v) is 2.55. The number of amidine groups is 1. The van der Waals surface area contributed by atoms with Gasteiger partial charge in [-0.1, -0.05) is 30.3 Å². The Labute approximate surface area is 105 Å². The summed E-state index contributed by atoms with van der Waals surface area (Å²) in [6, 6.07) is 8.15. The van der Waals surface area contributed by atoms with E-state index in [9.17, 15) is 0 Å². The van der Waals surface area contributed by atoms with Crippen LogP contribution in [0.1, 0.15) is 30.4 Å². The van der Waals surface area contributed by atoms with Gasteiger partial charge in [-0.15, -0.1) is 5.10 Å². The zero-order chi connectivity index (χ0) is 11.9. The fourth-order valence-electron chi connectivity index (χ4n) is 2.55.